The van der Waals surface area contributed by atoms with Gasteiger partial charge in [0, 0.05) is 13.1 Å². The predicted octanol–water partition coefficient (Wildman–Crippen LogP) is 3.33. The van der Waals surface area contributed by atoms with E-state index in [9.17, 15) is 4.79 Å². The van der Waals surface area contributed by atoms with Crippen LogP contribution >= 0.6 is 0 Å². The molecule has 0 aliphatic carbocycles. The molecule has 0 saturated heterocycles. The van der Waals surface area contributed by atoms with Gasteiger partial charge in [-0.3, -0.25) is 4.90 Å². The standard InChI is InChI=1S/C14H19NO2/c1-2-3-6-9-17-14(16)15-10-12-7-4-5-8-13(12)11-15/h4-5,7-8H,2-3,6,9-11H2,1H3. The lowest BCUT2D eigenvalue weighted by Gasteiger charge is -2.15. The molecule has 1 aromatic rings. The zero-order chi connectivity index (χ0) is 12.1. The predicted molar refractivity (Wildman–Crippen MR) is 66.6 cm³/mol. The Kier molecular flexibility index (Phi) is 4.02. The summed E-state index contributed by atoms with van der Waals surface area (Å²) < 4.78 is 5.25. The molecule has 0 bridgehead atoms. The van der Waals surface area contributed by atoms with Crippen LogP contribution < -0.4 is 0 Å². The van der Waals surface area contributed by atoms with Gasteiger partial charge in [0.1, 0.15) is 0 Å². The normalized spacial score (nSPS) is 13.6. The van der Waals surface area contributed by atoms with E-state index in [1.54, 1.807) is 4.90 Å². The molecule has 17 heavy (non-hydrogen) atoms. The van der Waals surface area contributed by atoms with Crippen LogP contribution in [0.3, 0.4) is 0 Å². The number of unbranched alkanes of at least 4 members (excludes halogenated alkanes) is 2. The highest BCUT2D eigenvalue weighted by atomic mass is 16.6. The van der Waals surface area contributed by atoms with Crippen LogP contribution in [0.5, 0.6) is 0 Å². The second kappa shape index (κ2) is 5.71. The Morgan fingerprint density at radius 3 is 2.47 bits per heavy atom. The highest BCUT2D eigenvalue weighted by Crippen LogP contribution is 2.22. The topological polar surface area (TPSA) is 29.5 Å². The van der Waals surface area contributed by atoms with Crippen molar-refractivity contribution < 1.29 is 9.53 Å². The first-order chi connectivity index (χ1) is 8.31. The van der Waals surface area contributed by atoms with Crippen LogP contribution in [0.4, 0.5) is 4.79 Å². The molecule has 0 fully saturated rings. The lowest BCUT2D eigenvalue weighted by molar-refractivity contribution is 0.1000. The van der Waals surface area contributed by atoms with E-state index in [1.807, 2.05) is 12.1 Å². The van der Waals surface area contributed by atoms with Crippen molar-refractivity contribution in [3.63, 3.8) is 0 Å². The van der Waals surface area contributed by atoms with Crippen molar-refractivity contribution in [3.8, 4) is 0 Å². The number of carbonyl (C=O) groups excluding carboxylic acids is 1. The first-order valence-electron chi connectivity index (χ1n) is 6.29. The number of hydrogen-bond acceptors (Lipinski definition) is 2. The summed E-state index contributed by atoms with van der Waals surface area (Å²) in [6, 6.07) is 8.16. The molecule has 1 aromatic carbocycles. The van der Waals surface area contributed by atoms with Crippen molar-refractivity contribution in [1.82, 2.24) is 4.90 Å². The molecule has 2 rings (SSSR count). The lowest BCUT2D eigenvalue weighted by Crippen LogP contribution is -2.26. The Morgan fingerprint density at radius 2 is 1.88 bits per heavy atom. The first kappa shape index (κ1) is 12.0. The average Bonchev–Trinajstić information content (AvgIpc) is 2.78. The Bertz CT molecular complexity index is 365. The minimum atomic E-state index is -0.183. The first-order valence-corrected chi connectivity index (χ1v) is 6.29. The summed E-state index contributed by atoms with van der Waals surface area (Å²) in [6.07, 6.45) is 3.04. The number of fused-ring (bicyclic) bond motifs is 1. The molecule has 1 aliphatic heterocycles. The number of hydrogen-bond donors (Lipinski definition) is 0. The van der Waals surface area contributed by atoms with Crippen LogP contribution in [0.2, 0.25) is 0 Å². The van der Waals surface area contributed by atoms with E-state index < -0.39 is 0 Å². The number of ether oxygens (including phenoxy) is 1. The molecule has 92 valence electrons. The fourth-order valence-corrected chi connectivity index (χ4v) is 2.07. The van der Waals surface area contributed by atoms with Crippen LogP contribution in [0.25, 0.3) is 0 Å². The molecule has 1 heterocycles. The van der Waals surface area contributed by atoms with E-state index in [4.69, 9.17) is 4.74 Å². The van der Waals surface area contributed by atoms with Crippen molar-refractivity contribution in [2.45, 2.75) is 39.3 Å². The molecule has 1 amide bonds. The van der Waals surface area contributed by atoms with Crippen LogP contribution in [0.15, 0.2) is 24.3 Å². The van der Waals surface area contributed by atoms with Crippen molar-refractivity contribution in [3.05, 3.63) is 35.4 Å². The maximum atomic E-state index is 11.8. The quantitative estimate of drug-likeness (QED) is 0.746. The van der Waals surface area contributed by atoms with Gasteiger partial charge >= 0.3 is 6.09 Å². The SMILES string of the molecule is CCCCCOC(=O)N1Cc2ccccc2C1. The second-order valence-electron chi connectivity index (χ2n) is 4.45. The van der Waals surface area contributed by atoms with Crippen molar-refractivity contribution >= 4 is 6.09 Å². The summed E-state index contributed by atoms with van der Waals surface area (Å²) in [6.45, 7) is 4.05. The molecule has 0 spiro atoms. The van der Waals surface area contributed by atoms with Crippen LogP contribution in [-0.2, 0) is 17.8 Å². The Labute approximate surface area is 102 Å². The fraction of sp³-hybridized carbons (Fsp3) is 0.500. The number of benzene rings is 1. The van der Waals surface area contributed by atoms with E-state index in [-0.39, 0.29) is 6.09 Å². The summed E-state index contributed by atoms with van der Waals surface area (Å²) in [5, 5.41) is 0. The molecule has 0 N–H and O–H groups in total. The van der Waals surface area contributed by atoms with E-state index >= 15 is 0 Å². The molecule has 3 nitrogen and oxygen atoms in total. The van der Waals surface area contributed by atoms with Crippen LogP contribution in [0.1, 0.15) is 37.3 Å². The van der Waals surface area contributed by atoms with Gasteiger partial charge in [-0.05, 0) is 17.5 Å². The van der Waals surface area contributed by atoms with Crippen molar-refractivity contribution in [1.29, 1.82) is 0 Å². The van der Waals surface area contributed by atoms with Gasteiger partial charge in [-0.2, -0.15) is 0 Å². The molecular weight excluding hydrogens is 214 g/mol. The smallest absolute Gasteiger partial charge is 0.410 e. The van der Waals surface area contributed by atoms with Crippen LogP contribution in [0, 0.1) is 0 Å². The van der Waals surface area contributed by atoms with Gasteiger partial charge in [-0.1, -0.05) is 44.0 Å². The van der Waals surface area contributed by atoms with Gasteiger partial charge in [-0.25, -0.2) is 4.79 Å². The van der Waals surface area contributed by atoms with Crippen molar-refractivity contribution in [2.24, 2.45) is 0 Å². The Morgan fingerprint density at radius 1 is 1.24 bits per heavy atom. The summed E-state index contributed by atoms with van der Waals surface area (Å²) in [5.41, 5.74) is 2.47. The molecule has 1 aliphatic rings. The lowest BCUT2D eigenvalue weighted by atomic mass is 10.1. The van der Waals surface area contributed by atoms with Gasteiger partial charge in [0.2, 0.25) is 0 Å². The summed E-state index contributed by atoms with van der Waals surface area (Å²) >= 11 is 0. The van der Waals surface area contributed by atoms with E-state index in [0.29, 0.717) is 19.7 Å². The molecule has 0 unspecified atom stereocenters. The Hall–Kier alpha value is -1.51. The molecule has 0 saturated carbocycles. The van der Waals surface area contributed by atoms with Gasteiger partial charge in [0.15, 0.2) is 0 Å². The van der Waals surface area contributed by atoms with Gasteiger partial charge in [-0.15, -0.1) is 0 Å². The molecule has 0 radical (unpaired) electrons. The summed E-state index contributed by atoms with van der Waals surface area (Å²) in [7, 11) is 0. The monoisotopic (exact) mass is 233 g/mol. The summed E-state index contributed by atoms with van der Waals surface area (Å²) in [5.74, 6) is 0. The number of nitrogens with zero attached hydrogens (tertiary/aromatic N) is 1. The highest BCUT2D eigenvalue weighted by molar-refractivity contribution is 5.68. The summed E-state index contributed by atoms with van der Waals surface area (Å²) in [4.78, 5) is 13.5. The molecule has 3 heteroatoms. The van der Waals surface area contributed by atoms with E-state index in [2.05, 4.69) is 19.1 Å². The third-order valence-corrected chi connectivity index (χ3v) is 3.07. The zero-order valence-corrected chi connectivity index (χ0v) is 10.3. The van der Waals surface area contributed by atoms with Gasteiger partial charge in [0.05, 0.1) is 6.61 Å². The number of rotatable bonds is 4. The van der Waals surface area contributed by atoms with E-state index in [1.165, 1.54) is 11.1 Å². The maximum absolute atomic E-state index is 11.8. The molecule has 0 atom stereocenters. The number of carbonyl (C=O) groups is 1. The van der Waals surface area contributed by atoms with Gasteiger partial charge < -0.3 is 4.74 Å². The minimum Gasteiger partial charge on any atom is -0.449 e. The Balaban J connectivity index is 1.80. The molecule has 0 aromatic heterocycles. The van der Waals surface area contributed by atoms with Crippen LogP contribution in [-0.4, -0.2) is 17.6 Å². The largest absolute Gasteiger partial charge is 0.449 e. The second-order valence-corrected chi connectivity index (χ2v) is 4.45. The minimum absolute atomic E-state index is 0.183. The number of amides is 1. The maximum Gasteiger partial charge on any atom is 0.410 e. The highest BCUT2D eigenvalue weighted by Gasteiger charge is 2.23. The third kappa shape index (κ3) is 2.99. The zero-order valence-electron chi connectivity index (χ0n) is 10.3. The fourth-order valence-electron chi connectivity index (χ4n) is 2.07. The van der Waals surface area contributed by atoms with Gasteiger partial charge in [0.25, 0.3) is 0 Å². The third-order valence-electron chi connectivity index (χ3n) is 3.07. The molecular formula is C14H19NO2. The van der Waals surface area contributed by atoms with E-state index in [0.717, 1.165) is 19.3 Å². The van der Waals surface area contributed by atoms with Crippen molar-refractivity contribution in [2.75, 3.05) is 6.61 Å². The average molecular weight is 233 g/mol.